The number of nitrogens with one attached hydrogen (secondary N) is 2. The molecule has 2 aromatic heterocycles. The number of benzene rings is 1. The number of pyridine rings is 1. The second-order valence-electron chi connectivity index (χ2n) is 6.09. The third kappa shape index (κ3) is 5.29. The molecule has 3 aromatic rings. The molecule has 0 fully saturated rings. The summed E-state index contributed by atoms with van der Waals surface area (Å²) in [7, 11) is 1.69. The van der Waals surface area contributed by atoms with Crippen molar-refractivity contribution >= 4 is 5.96 Å². The smallest absolute Gasteiger partial charge is 0.219 e. The van der Waals surface area contributed by atoms with Crippen LogP contribution in [0.2, 0.25) is 0 Å². The number of hydrogen-bond donors (Lipinski definition) is 2. The van der Waals surface area contributed by atoms with E-state index < -0.39 is 0 Å². The van der Waals surface area contributed by atoms with Crippen molar-refractivity contribution < 1.29 is 13.5 Å². The van der Waals surface area contributed by atoms with Gasteiger partial charge in [0.1, 0.15) is 17.3 Å². The van der Waals surface area contributed by atoms with Gasteiger partial charge in [-0.05, 0) is 43.7 Å². The van der Waals surface area contributed by atoms with Crippen LogP contribution in [0.25, 0.3) is 0 Å². The fourth-order valence-electron chi connectivity index (χ4n) is 2.38. The van der Waals surface area contributed by atoms with Crippen LogP contribution < -0.4 is 15.4 Å². The summed E-state index contributed by atoms with van der Waals surface area (Å²) in [6, 6.07) is 9.44. The molecule has 0 aliphatic heterocycles. The predicted octanol–water partition coefficient (Wildman–Crippen LogP) is 3.48. The molecule has 0 radical (unpaired) electrons. The Morgan fingerprint density at radius 3 is 2.46 bits per heavy atom. The van der Waals surface area contributed by atoms with E-state index in [1.165, 1.54) is 12.1 Å². The molecule has 0 aliphatic rings. The van der Waals surface area contributed by atoms with Gasteiger partial charge in [-0.25, -0.2) is 14.4 Å². The van der Waals surface area contributed by atoms with Crippen LogP contribution in [0.1, 0.15) is 22.9 Å². The minimum Gasteiger partial charge on any atom is -0.444 e. The fraction of sp³-hybridized carbons (Fsp3) is 0.250. The molecule has 0 aliphatic carbocycles. The maximum atomic E-state index is 12.9. The molecule has 28 heavy (non-hydrogen) atoms. The van der Waals surface area contributed by atoms with Crippen molar-refractivity contribution in [1.82, 2.24) is 20.6 Å². The highest BCUT2D eigenvalue weighted by atomic mass is 19.1. The molecule has 0 spiro atoms. The van der Waals surface area contributed by atoms with Gasteiger partial charge < -0.3 is 19.8 Å². The van der Waals surface area contributed by atoms with Crippen LogP contribution >= 0.6 is 0 Å². The normalized spacial score (nSPS) is 11.4. The Hall–Kier alpha value is -3.42. The summed E-state index contributed by atoms with van der Waals surface area (Å²) >= 11 is 0. The van der Waals surface area contributed by atoms with Gasteiger partial charge in [-0.3, -0.25) is 4.99 Å². The Bertz CT molecular complexity index is 917. The van der Waals surface area contributed by atoms with Crippen molar-refractivity contribution in [3.8, 4) is 11.6 Å². The molecular weight excluding hydrogens is 361 g/mol. The first-order valence-electron chi connectivity index (χ1n) is 8.79. The van der Waals surface area contributed by atoms with E-state index in [0.717, 1.165) is 17.0 Å². The number of nitrogens with zero attached hydrogens (tertiary/aromatic N) is 3. The van der Waals surface area contributed by atoms with E-state index >= 15 is 0 Å². The van der Waals surface area contributed by atoms with Crippen molar-refractivity contribution in [3.05, 3.63) is 71.3 Å². The first kappa shape index (κ1) is 19.3. The van der Waals surface area contributed by atoms with Crippen molar-refractivity contribution in [1.29, 1.82) is 0 Å². The van der Waals surface area contributed by atoms with E-state index in [2.05, 4.69) is 25.6 Å². The van der Waals surface area contributed by atoms with E-state index in [1.807, 2.05) is 19.9 Å². The highest BCUT2D eigenvalue weighted by molar-refractivity contribution is 5.79. The van der Waals surface area contributed by atoms with E-state index in [9.17, 15) is 4.39 Å². The molecule has 0 atom stereocenters. The molecular formula is C20H22FN5O2. The van der Waals surface area contributed by atoms with E-state index in [0.29, 0.717) is 36.6 Å². The van der Waals surface area contributed by atoms with Gasteiger partial charge >= 0.3 is 0 Å². The standard InChI is InChI=1S/C20H22FN5O2/c1-13-14(2)27-19(26-13)12-25-20(22-3)24-11-15-4-9-18(23-10-15)28-17-7-5-16(21)6-8-17/h4-10H,11-12H2,1-3H3,(H2,22,24,25). The monoisotopic (exact) mass is 383 g/mol. The van der Waals surface area contributed by atoms with Gasteiger partial charge in [0.15, 0.2) is 5.96 Å². The molecule has 0 amide bonds. The highest BCUT2D eigenvalue weighted by Crippen LogP contribution is 2.19. The maximum Gasteiger partial charge on any atom is 0.219 e. The fourth-order valence-corrected chi connectivity index (χ4v) is 2.38. The van der Waals surface area contributed by atoms with Gasteiger partial charge in [0.2, 0.25) is 11.8 Å². The van der Waals surface area contributed by atoms with Crippen molar-refractivity contribution in [2.24, 2.45) is 4.99 Å². The first-order chi connectivity index (χ1) is 13.5. The molecule has 0 saturated heterocycles. The molecule has 0 bridgehead atoms. The predicted molar refractivity (Wildman–Crippen MR) is 104 cm³/mol. The van der Waals surface area contributed by atoms with Gasteiger partial charge in [-0.2, -0.15) is 0 Å². The number of hydrogen-bond acceptors (Lipinski definition) is 5. The first-order valence-corrected chi connectivity index (χ1v) is 8.79. The minimum atomic E-state index is -0.308. The van der Waals surface area contributed by atoms with Crippen molar-refractivity contribution in [3.63, 3.8) is 0 Å². The zero-order chi connectivity index (χ0) is 19.9. The number of aromatic nitrogens is 2. The molecule has 2 heterocycles. The summed E-state index contributed by atoms with van der Waals surface area (Å²) in [5.41, 5.74) is 1.84. The molecule has 0 saturated carbocycles. The SMILES string of the molecule is CN=C(NCc1ccc(Oc2ccc(F)cc2)nc1)NCc1nc(C)c(C)o1. The average molecular weight is 383 g/mol. The van der Waals surface area contributed by atoms with Crippen molar-refractivity contribution in [2.45, 2.75) is 26.9 Å². The van der Waals surface area contributed by atoms with Gasteiger partial charge in [0, 0.05) is 25.9 Å². The van der Waals surface area contributed by atoms with Crippen LogP contribution in [0.3, 0.4) is 0 Å². The Labute approximate surface area is 162 Å². The van der Waals surface area contributed by atoms with E-state index in [4.69, 9.17) is 9.15 Å². The molecule has 2 N–H and O–H groups in total. The van der Waals surface area contributed by atoms with Gasteiger partial charge in [-0.1, -0.05) is 6.07 Å². The minimum absolute atomic E-state index is 0.308. The quantitative estimate of drug-likeness (QED) is 0.501. The summed E-state index contributed by atoms with van der Waals surface area (Å²) in [4.78, 5) is 12.8. The van der Waals surface area contributed by atoms with Gasteiger partial charge in [0.25, 0.3) is 0 Å². The number of ether oxygens (including phenoxy) is 1. The topological polar surface area (TPSA) is 84.6 Å². The lowest BCUT2D eigenvalue weighted by atomic mass is 10.3. The lowest BCUT2D eigenvalue weighted by molar-refractivity contribution is 0.460. The summed E-state index contributed by atoms with van der Waals surface area (Å²) < 4.78 is 24.0. The Kier molecular flexibility index (Phi) is 6.21. The second kappa shape index (κ2) is 8.98. The Morgan fingerprint density at radius 2 is 1.86 bits per heavy atom. The van der Waals surface area contributed by atoms with E-state index in [-0.39, 0.29) is 5.82 Å². The summed E-state index contributed by atoms with van der Waals surface area (Å²) in [5.74, 6) is 2.71. The molecule has 3 rings (SSSR count). The van der Waals surface area contributed by atoms with Crippen molar-refractivity contribution in [2.75, 3.05) is 7.05 Å². The largest absolute Gasteiger partial charge is 0.444 e. The molecule has 1 aromatic carbocycles. The molecule has 0 unspecified atom stereocenters. The lowest BCUT2D eigenvalue weighted by Crippen LogP contribution is -2.36. The van der Waals surface area contributed by atoms with Crippen LogP contribution in [0.15, 0.2) is 52.0 Å². The van der Waals surface area contributed by atoms with Crippen LogP contribution in [-0.2, 0) is 13.1 Å². The highest BCUT2D eigenvalue weighted by Gasteiger charge is 2.07. The molecule has 7 nitrogen and oxygen atoms in total. The number of oxazole rings is 1. The summed E-state index contributed by atoms with van der Waals surface area (Å²) in [6.45, 7) is 4.77. The third-order valence-electron chi connectivity index (χ3n) is 4.00. The zero-order valence-electron chi connectivity index (χ0n) is 16.0. The van der Waals surface area contributed by atoms with Crippen LogP contribution in [0.5, 0.6) is 11.6 Å². The lowest BCUT2D eigenvalue weighted by Gasteiger charge is -2.11. The number of rotatable bonds is 6. The zero-order valence-corrected chi connectivity index (χ0v) is 16.0. The summed E-state index contributed by atoms with van der Waals surface area (Å²) in [5, 5.41) is 6.35. The Morgan fingerprint density at radius 1 is 1.11 bits per heavy atom. The average Bonchev–Trinajstić information content (AvgIpc) is 3.02. The maximum absolute atomic E-state index is 12.9. The third-order valence-corrected chi connectivity index (χ3v) is 4.00. The van der Waals surface area contributed by atoms with Crippen LogP contribution in [0, 0.1) is 19.7 Å². The van der Waals surface area contributed by atoms with Crippen LogP contribution in [0.4, 0.5) is 4.39 Å². The number of aryl methyl sites for hydroxylation is 2. The van der Waals surface area contributed by atoms with Gasteiger partial charge in [-0.15, -0.1) is 0 Å². The van der Waals surface area contributed by atoms with Gasteiger partial charge in [0.05, 0.1) is 12.2 Å². The van der Waals surface area contributed by atoms with Crippen LogP contribution in [-0.4, -0.2) is 23.0 Å². The second-order valence-corrected chi connectivity index (χ2v) is 6.09. The number of guanidine groups is 1. The number of aliphatic imine (C=N–C) groups is 1. The number of halogens is 1. The Balaban J connectivity index is 1.49. The summed E-state index contributed by atoms with van der Waals surface area (Å²) in [6.07, 6.45) is 1.71. The van der Waals surface area contributed by atoms with E-state index in [1.54, 1.807) is 31.4 Å². The molecule has 8 heteroatoms. The molecule has 146 valence electrons.